The van der Waals surface area contributed by atoms with Crippen molar-refractivity contribution >= 4 is 0 Å². The molecule has 0 aliphatic heterocycles. The van der Waals surface area contributed by atoms with Crippen LogP contribution >= 0.6 is 0 Å². The Labute approximate surface area is 73.7 Å². The molecule has 0 unspecified atom stereocenters. The molecular weight excluding hydrogens is 152 g/mol. The zero-order valence-corrected chi connectivity index (χ0v) is 7.38. The Morgan fingerprint density at radius 3 is 2.83 bits per heavy atom. The highest BCUT2D eigenvalue weighted by Gasteiger charge is 2.14. The average molecular weight is 168 g/mol. The van der Waals surface area contributed by atoms with Crippen LogP contribution in [0.5, 0.6) is 0 Å². The van der Waals surface area contributed by atoms with Crippen LogP contribution in [-0.4, -0.2) is 12.6 Å². The minimum Gasteiger partial charge on any atom is -0.299 e. The van der Waals surface area contributed by atoms with Crippen LogP contribution in [0.4, 0.5) is 0 Å². The molecule has 0 radical (unpaired) electrons. The fourth-order valence-corrected chi connectivity index (χ4v) is 1.42. The van der Waals surface area contributed by atoms with E-state index in [1.54, 1.807) is 0 Å². The molecule has 0 atom stereocenters. The molecule has 3 nitrogen and oxygen atoms in total. The second-order valence-electron chi connectivity index (χ2n) is 3.18. The van der Waals surface area contributed by atoms with Crippen LogP contribution in [-0.2, 0) is 4.84 Å². The first-order valence-electron chi connectivity index (χ1n) is 4.69. The molecule has 1 fully saturated rings. The van der Waals surface area contributed by atoms with Gasteiger partial charge in [-0.15, -0.1) is 0 Å². The van der Waals surface area contributed by atoms with Gasteiger partial charge in [0.25, 0.3) is 0 Å². The minimum absolute atomic E-state index is 0.423. The molecule has 3 heteroatoms. The first-order chi connectivity index (χ1) is 5.93. The number of unbranched alkanes of at least 4 members (excludes halogenated alkanes) is 1. The Morgan fingerprint density at radius 1 is 1.42 bits per heavy atom. The van der Waals surface area contributed by atoms with Crippen molar-refractivity contribution in [3.63, 3.8) is 0 Å². The van der Waals surface area contributed by atoms with Gasteiger partial charge in [0.2, 0.25) is 0 Å². The monoisotopic (exact) mass is 168 g/mol. The van der Waals surface area contributed by atoms with Crippen molar-refractivity contribution < 1.29 is 4.84 Å². The van der Waals surface area contributed by atoms with Gasteiger partial charge in [-0.25, -0.2) is 5.48 Å². The van der Waals surface area contributed by atoms with Crippen LogP contribution in [0.15, 0.2) is 0 Å². The molecule has 1 N–H and O–H groups in total. The molecule has 1 aliphatic rings. The molecule has 1 rings (SSSR count). The summed E-state index contributed by atoms with van der Waals surface area (Å²) in [6.45, 7) is 0.796. The van der Waals surface area contributed by atoms with Crippen LogP contribution in [0.3, 0.4) is 0 Å². The topological polar surface area (TPSA) is 45.0 Å². The van der Waals surface area contributed by atoms with Gasteiger partial charge in [-0.1, -0.05) is 12.8 Å². The van der Waals surface area contributed by atoms with Gasteiger partial charge < -0.3 is 0 Å². The standard InChI is InChI=1S/C9H16N2O/c10-7-3-4-8-11-12-9-5-1-2-6-9/h9,11H,1-6,8H2. The number of nitriles is 1. The lowest BCUT2D eigenvalue weighted by atomic mass is 10.3. The first kappa shape index (κ1) is 9.50. The van der Waals surface area contributed by atoms with E-state index in [9.17, 15) is 0 Å². The third-order valence-electron chi connectivity index (χ3n) is 2.12. The van der Waals surface area contributed by atoms with Crippen molar-refractivity contribution in [3.8, 4) is 6.07 Å². The predicted molar refractivity (Wildman–Crippen MR) is 46.2 cm³/mol. The number of hydroxylamine groups is 1. The summed E-state index contributed by atoms with van der Waals surface area (Å²) >= 11 is 0. The summed E-state index contributed by atoms with van der Waals surface area (Å²) in [7, 11) is 0. The van der Waals surface area contributed by atoms with E-state index in [-0.39, 0.29) is 0 Å². The van der Waals surface area contributed by atoms with Gasteiger partial charge in [-0.05, 0) is 19.3 Å². The number of hydrogen-bond acceptors (Lipinski definition) is 3. The van der Waals surface area contributed by atoms with Crippen LogP contribution in [0.25, 0.3) is 0 Å². The lowest BCUT2D eigenvalue weighted by Crippen LogP contribution is -2.22. The number of hydrogen-bond donors (Lipinski definition) is 1. The third-order valence-corrected chi connectivity index (χ3v) is 2.12. The van der Waals surface area contributed by atoms with E-state index in [1.165, 1.54) is 25.7 Å². The zero-order valence-electron chi connectivity index (χ0n) is 7.38. The summed E-state index contributed by atoms with van der Waals surface area (Å²) in [6.07, 6.45) is 6.88. The maximum Gasteiger partial charge on any atom is 0.0790 e. The molecule has 0 spiro atoms. The van der Waals surface area contributed by atoms with Gasteiger partial charge in [0.05, 0.1) is 12.2 Å². The van der Waals surface area contributed by atoms with Crippen molar-refractivity contribution in [2.24, 2.45) is 0 Å². The van der Waals surface area contributed by atoms with Crippen molar-refractivity contribution in [1.29, 1.82) is 5.26 Å². The minimum atomic E-state index is 0.423. The quantitative estimate of drug-likeness (QED) is 0.502. The molecule has 0 aromatic carbocycles. The van der Waals surface area contributed by atoms with E-state index in [0.29, 0.717) is 12.5 Å². The van der Waals surface area contributed by atoms with Crippen LogP contribution in [0, 0.1) is 11.3 Å². The molecule has 12 heavy (non-hydrogen) atoms. The molecule has 1 saturated carbocycles. The van der Waals surface area contributed by atoms with Gasteiger partial charge in [0.15, 0.2) is 0 Å². The summed E-state index contributed by atoms with van der Waals surface area (Å²) < 4.78 is 0. The van der Waals surface area contributed by atoms with Crippen LogP contribution < -0.4 is 5.48 Å². The van der Waals surface area contributed by atoms with E-state index in [0.717, 1.165) is 13.0 Å². The highest BCUT2D eigenvalue weighted by molar-refractivity contribution is 4.68. The normalized spacial score (nSPS) is 17.9. The maximum absolute atomic E-state index is 8.26. The van der Waals surface area contributed by atoms with Gasteiger partial charge in [0, 0.05) is 13.0 Å². The van der Waals surface area contributed by atoms with Crippen molar-refractivity contribution in [1.82, 2.24) is 5.48 Å². The zero-order chi connectivity index (χ0) is 8.65. The molecule has 0 heterocycles. The molecule has 0 aromatic heterocycles. The van der Waals surface area contributed by atoms with Gasteiger partial charge in [-0.2, -0.15) is 5.26 Å². The Balaban J connectivity index is 1.85. The second-order valence-corrected chi connectivity index (χ2v) is 3.18. The van der Waals surface area contributed by atoms with Gasteiger partial charge >= 0.3 is 0 Å². The fourth-order valence-electron chi connectivity index (χ4n) is 1.42. The smallest absolute Gasteiger partial charge is 0.0790 e. The summed E-state index contributed by atoms with van der Waals surface area (Å²) in [5.41, 5.74) is 2.91. The van der Waals surface area contributed by atoms with Crippen LogP contribution in [0.2, 0.25) is 0 Å². The van der Waals surface area contributed by atoms with Gasteiger partial charge in [0.1, 0.15) is 0 Å². The fraction of sp³-hybridized carbons (Fsp3) is 0.889. The number of rotatable bonds is 5. The number of nitrogens with one attached hydrogen (secondary N) is 1. The average Bonchev–Trinajstić information content (AvgIpc) is 2.57. The van der Waals surface area contributed by atoms with E-state index in [2.05, 4.69) is 11.5 Å². The van der Waals surface area contributed by atoms with Crippen molar-refractivity contribution in [2.45, 2.75) is 44.6 Å². The lowest BCUT2D eigenvalue weighted by Gasteiger charge is -2.10. The Hall–Kier alpha value is -0.590. The molecule has 0 saturated heterocycles. The Morgan fingerprint density at radius 2 is 2.17 bits per heavy atom. The summed E-state index contributed by atoms with van der Waals surface area (Å²) in [6, 6.07) is 2.10. The van der Waals surface area contributed by atoms with Crippen molar-refractivity contribution in [3.05, 3.63) is 0 Å². The predicted octanol–water partition coefficient (Wildman–Crippen LogP) is 1.75. The highest BCUT2D eigenvalue weighted by Crippen LogP contribution is 2.19. The SMILES string of the molecule is N#CCCCNOC1CCCC1. The molecule has 0 aromatic rings. The van der Waals surface area contributed by atoms with Crippen LogP contribution in [0.1, 0.15) is 38.5 Å². The third kappa shape index (κ3) is 3.70. The number of nitrogens with zero attached hydrogens (tertiary/aromatic N) is 1. The molecule has 0 bridgehead atoms. The van der Waals surface area contributed by atoms with Gasteiger partial charge in [-0.3, -0.25) is 4.84 Å². The van der Waals surface area contributed by atoms with Crippen molar-refractivity contribution in [2.75, 3.05) is 6.54 Å². The molecule has 0 amide bonds. The largest absolute Gasteiger partial charge is 0.299 e. The maximum atomic E-state index is 8.26. The summed E-state index contributed by atoms with van der Waals surface area (Å²) in [5.74, 6) is 0. The first-order valence-corrected chi connectivity index (χ1v) is 4.69. The second kappa shape index (κ2) is 5.99. The van der Waals surface area contributed by atoms with E-state index in [1.807, 2.05) is 0 Å². The summed E-state index contributed by atoms with van der Waals surface area (Å²) in [5, 5.41) is 8.26. The highest BCUT2D eigenvalue weighted by atomic mass is 16.7. The molecular formula is C9H16N2O. The lowest BCUT2D eigenvalue weighted by molar-refractivity contribution is -0.0206. The van der Waals surface area contributed by atoms with E-state index in [4.69, 9.17) is 10.1 Å². The summed E-state index contributed by atoms with van der Waals surface area (Å²) in [4.78, 5) is 5.39. The Kier molecular flexibility index (Phi) is 4.74. The molecule has 68 valence electrons. The molecule has 1 aliphatic carbocycles. The Bertz CT molecular complexity index is 147. The van der Waals surface area contributed by atoms with E-state index < -0.39 is 0 Å². The van der Waals surface area contributed by atoms with E-state index >= 15 is 0 Å².